The van der Waals surface area contributed by atoms with E-state index in [1.807, 2.05) is 0 Å². The fourth-order valence-corrected chi connectivity index (χ4v) is 16.3. The van der Waals surface area contributed by atoms with Crippen molar-refractivity contribution in [2.45, 2.75) is 55.6 Å². The van der Waals surface area contributed by atoms with E-state index < -0.39 is 16.4 Å². The molecule has 5 heteroatoms. The van der Waals surface area contributed by atoms with Crippen LogP contribution >= 0.6 is 23.5 Å². The molecule has 0 aromatic heterocycles. The first-order chi connectivity index (χ1) is 13.6. The van der Waals surface area contributed by atoms with Gasteiger partial charge in [-0.15, -0.1) is 23.5 Å². The molecule has 158 valence electrons. The van der Waals surface area contributed by atoms with E-state index in [1.165, 1.54) is 28.3 Å². The van der Waals surface area contributed by atoms with Crippen LogP contribution in [0.4, 0.5) is 0 Å². The zero-order valence-corrected chi connectivity index (χ0v) is 22.5. The Bertz CT molecular complexity index is 737. The van der Waals surface area contributed by atoms with Crippen LogP contribution in [0.15, 0.2) is 60.7 Å². The SMILES string of the molecule is CC(C)(C)[Si](OCC1([Si](C)(C)C)SCCCS1)(c1ccccc1)c1ccccc1. The summed E-state index contributed by atoms with van der Waals surface area (Å²) in [6, 6.07) is 22.1. The van der Waals surface area contributed by atoms with Gasteiger partial charge in [0, 0.05) is 0 Å². The molecule has 1 saturated heterocycles. The second kappa shape index (κ2) is 8.95. The molecule has 0 atom stereocenters. The van der Waals surface area contributed by atoms with Crippen molar-refractivity contribution in [2.24, 2.45) is 0 Å². The first-order valence-electron chi connectivity index (χ1n) is 10.7. The predicted octanol–water partition coefficient (Wildman–Crippen LogP) is 6.01. The lowest BCUT2D eigenvalue weighted by Gasteiger charge is -2.49. The van der Waals surface area contributed by atoms with Crippen molar-refractivity contribution in [1.82, 2.24) is 0 Å². The quantitative estimate of drug-likeness (QED) is 0.489. The Morgan fingerprint density at radius 2 is 1.28 bits per heavy atom. The van der Waals surface area contributed by atoms with E-state index in [1.54, 1.807) is 0 Å². The van der Waals surface area contributed by atoms with E-state index in [0.29, 0.717) is 0 Å². The number of rotatable bonds is 6. The monoisotopic (exact) mass is 460 g/mol. The number of hydrogen-bond donors (Lipinski definition) is 0. The Labute approximate surface area is 188 Å². The van der Waals surface area contributed by atoms with Crippen molar-refractivity contribution in [2.75, 3.05) is 18.1 Å². The summed E-state index contributed by atoms with van der Waals surface area (Å²) < 4.78 is 7.60. The Hall–Kier alpha value is -0.466. The molecule has 2 aromatic carbocycles. The molecule has 0 amide bonds. The molecule has 3 rings (SSSR count). The van der Waals surface area contributed by atoms with E-state index in [0.717, 1.165) is 6.61 Å². The lowest BCUT2D eigenvalue weighted by molar-refractivity contribution is 0.305. The highest BCUT2D eigenvalue weighted by Gasteiger charge is 2.53. The van der Waals surface area contributed by atoms with Crippen LogP contribution in [0.1, 0.15) is 27.2 Å². The van der Waals surface area contributed by atoms with Gasteiger partial charge in [-0.25, -0.2) is 0 Å². The van der Waals surface area contributed by atoms with Crippen molar-refractivity contribution >= 4 is 50.3 Å². The molecule has 0 radical (unpaired) electrons. The maximum Gasteiger partial charge on any atom is 0.261 e. The molecule has 2 aromatic rings. The van der Waals surface area contributed by atoms with Crippen molar-refractivity contribution in [1.29, 1.82) is 0 Å². The molecule has 0 bridgehead atoms. The van der Waals surface area contributed by atoms with Gasteiger partial charge in [-0.05, 0) is 33.3 Å². The molecular weight excluding hydrogens is 425 g/mol. The largest absolute Gasteiger partial charge is 0.405 e. The Kier molecular flexibility index (Phi) is 7.16. The Morgan fingerprint density at radius 1 is 0.828 bits per heavy atom. The highest BCUT2D eigenvalue weighted by molar-refractivity contribution is 8.21. The third-order valence-corrected chi connectivity index (χ3v) is 20.8. The summed E-state index contributed by atoms with van der Waals surface area (Å²) in [4.78, 5) is 0. The molecule has 0 aliphatic carbocycles. The lowest BCUT2D eigenvalue weighted by Crippen LogP contribution is -2.68. The number of benzene rings is 2. The minimum Gasteiger partial charge on any atom is -0.405 e. The number of thioether (sulfide) groups is 2. The summed E-state index contributed by atoms with van der Waals surface area (Å²) in [5, 5.41) is 2.81. The van der Waals surface area contributed by atoms with Gasteiger partial charge in [-0.1, -0.05) is 101 Å². The van der Waals surface area contributed by atoms with Gasteiger partial charge in [0.05, 0.1) is 18.4 Å². The van der Waals surface area contributed by atoms with E-state index in [9.17, 15) is 0 Å². The van der Waals surface area contributed by atoms with Crippen LogP contribution in [-0.2, 0) is 4.43 Å². The normalized spacial score (nSPS) is 17.9. The average Bonchev–Trinajstić information content (AvgIpc) is 2.69. The first-order valence-corrected chi connectivity index (χ1v) is 18.0. The minimum absolute atomic E-state index is 0.0420. The third kappa shape index (κ3) is 4.59. The molecule has 0 N–H and O–H groups in total. The Balaban J connectivity index is 2.11. The highest BCUT2D eigenvalue weighted by atomic mass is 32.2. The topological polar surface area (TPSA) is 9.23 Å². The lowest BCUT2D eigenvalue weighted by atomic mass is 10.2. The molecule has 1 aliphatic rings. The maximum absolute atomic E-state index is 7.37. The van der Waals surface area contributed by atoms with Gasteiger partial charge in [-0.3, -0.25) is 0 Å². The van der Waals surface area contributed by atoms with Gasteiger partial charge >= 0.3 is 0 Å². The van der Waals surface area contributed by atoms with Gasteiger partial charge in [0.1, 0.15) is 0 Å². The van der Waals surface area contributed by atoms with Crippen LogP contribution in [0.5, 0.6) is 0 Å². The van der Waals surface area contributed by atoms with E-state index in [4.69, 9.17) is 4.43 Å². The number of hydrogen-bond acceptors (Lipinski definition) is 3. The summed E-state index contributed by atoms with van der Waals surface area (Å²) in [7, 11) is -3.91. The van der Waals surface area contributed by atoms with Crippen molar-refractivity contribution < 1.29 is 4.43 Å². The van der Waals surface area contributed by atoms with Crippen LogP contribution in [0, 0.1) is 0 Å². The van der Waals surface area contributed by atoms with Crippen molar-refractivity contribution in [3.63, 3.8) is 0 Å². The molecule has 1 heterocycles. The van der Waals surface area contributed by atoms with Gasteiger partial charge in [-0.2, -0.15) is 0 Å². The summed E-state index contributed by atoms with van der Waals surface area (Å²) in [6.45, 7) is 15.5. The predicted molar refractivity (Wildman–Crippen MR) is 139 cm³/mol. The van der Waals surface area contributed by atoms with Gasteiger partial charge < -0.3 is 4.43 Å². The zero-order chi connectivity index (χ0) is 21.2. The second-order valence-electron chi connectivity index (χ2n) is 10.0. The van der Waals surface area contributed by atoms with Crippen LogP contribution < -0.4 is 10.4 Å². The van der Waals surface area contributed by atoms with Gasteiger partial charge in [0.2, 0.25) is 0 Å². The second-order valence-corrected chi connectivity index (χ2v) is 23.4. The molecule has 0 saturated carbocycles. The minimum atomic E-state index is -2.46. The van der Waals surface area contributed by atoms with E-state index >= 15 is 0 Å². The van der Waals surface area contributed by atoms with E-state index in [2.05, 4.69) is 125 Å². The van der Waals surface area contributed by atoms with Crippen molar-refractivity contribution in [3.05, 3.63) is 60.7 Å². The zero-order valence-electron chi connectivity index (χ0n) is 18.8. The summed E-state index contributed by atoms with van der Waals surface area (Å²) in [5.41, 5.74) is 0. The molecule has 1 fully saturated rings. The molecule has 29 heavy (non-hydrogen) atoms. The van der Waals surface area contributed by atoms with Gasteiger partial charge in [0.25, 0.3) is 8.32 Å². The van der Waals surface area contributed by atoms with Crippen LogP contribution in [0.3, 0.4) is 0 Å². The fraction of sp³-hybridized carbons (Fsp3) is 0.500. The molecule has 0 spiro atoms. The van der Waals surface area contributed by atoms with Gasteiger partial charge in [0.15, 0.2) is 0 Å². The Morgan fingerprint density at radius 3 is 1.66 bits per heavy atom. The summed E-state index contributed by atoms with van der Waals surface area (Å²) in [6.07, 6.45) is 1.32. The summed E-state index contributed by atoms with van der Waals surface area (Å²) in [5.74, 6) is 2.53. The smallest absolute Gasteiger partial charge is 0.261 e. The standard InChI is InChI=1S/C24H36OS2Si2/c1-23(2,3)29(21-14-9-7-10-15-21,22-16-11-8-12-17-22)25-20-24(28(4,5)6)26-18-13-19-27-24/h7-12,14-17H,13,18-20H2,1-6H3. The molecule has 1 aliphatic heterocycles. The molecule has 0 unspecified atom stereocenters. The summed E-state index contributed by atoms with van der Waals surface area (Å²) >= 11 is 4.36. The molecule has 1 nitrogen and oxygen atoms in total. The molecular formula is C24H36OS2Si2. The highest BCUT2D eigenvalue weighted by Crippen LogP contribution is 2.50. The first kappa shape index (κ1) is 23.2. The average molecular weight is 461 g/mol. The fourth-order valence-electron chi connectivity index (χ4n) is 4.27. The third-order valence-electron chi connectivity index (χ3n) is 6.00. The van der Waals surface area contributed by atoms with Crippen LogP contribution in [-0.4, -0.2) is 38.2 Å². The van der Waals surface area contributed by atoms with E-state index in [-0.39, 0.29) is 8.74 Å². The van der Waals surface area contributed by atoms with Crippen LogP contribution in [0.2, 0.25) is 24.7 Å². The maximum atomic E-state index is 7.37. The van der Waals surface area contributed by atoms with Crippen LogP contribution in [0.25, 0.3) is 0 Å². The van der Waals surface area contributed by atoms with Crippen molar-refractivity contribution in [3.8, 4) is 0 Å².